The number of nitrogens with zero attached hydrogens (tertiary/aromatic N) is 2. The van der Waals surface area contributed by atoms with Crippen LogP contribution in [-0.2, 0) is 22.6 Å². The molecule has 8 heteroatoms. The van der Waals surface area contributed by atoms with Gasteiger partial charge in [-0.1, -0.05) is 19.1 Å². The standard InChI is InChI=1S/C31H32N2O6/c1-4-13-38-25-11-8-21(16-26(25)37-5-2)28-27(29(34)22-9-10-24-23(15-22)14-19(3)39-24)30(35)31(36)33(28)18-20-7-6-12-32-17-20/h6-12,15-17,19,28,34H,4-5,13-14,18H2,1-3H3/b29-27+/t19-,28-/m0/s1. The van der Waals surface area contributed by atoms with E-state index in [2.05, 4.69) is 4.98 Å². The minimum Gasteiger partial charge on any atom is -0.507 e. The second-order valence-electron chi connectivity index (χ2n) is 9.73. The zero-order chi connectivity index (χ0) is 27.5. The summed E-state index contributed by atoms with van der Waals surface area (Å²) in [6.45, 7) is 6.97. The lowest BCUT2D eigenvalue weighted by molar-refractivity contribution is -0.140. The molecule has 3 heterocycles. The van der Waals surface area contributed by atoms with E-state index in [1.165, 1.54) is 4.90 Å². The Hall–Kier alpha value is -4.33. The zero-order valence-corrected chi connectivity index (χ0v) is 22.3. The molecule has 0 aliphatic carbocycles. The third-order valence-electron chi connectivity index (χ3n) is 6.83. The van der Waals surface area contributed by atoms with E-state index in [1.54, 1.807) is 42.7 Å². The summed E-state index contributed by atoms with van der Waals surface area (Å²) in [5.74, 6) is 0.206. The maximum atomic E-state index is 13.5. The number of rotatable bonds is 9. The van der Waals surface area contributed by atoms with Crippen LogP contribution in [0.25, 0.3) is 5.76 Å². The van der Waals surface area contributed by atoms with Crippen LogP contribution in [0.4, 0.5) is 0 Å². The number of aliphatic hydroxyl groups is 1. The predicted molar refractivity (Wildman–Crippen MR) is 146 cm³/mol. The van der Waals surface area contributed by atoms with Gasteiger partial charge in [-0.2, -0.15) is 0 Å². The molecule has 202 valence electrons. The minimum atomic E-state index is -0.840. The van der Waals surface area contributed by atoms with E-state index in [9.17, 15) is 14.7 Å². The summed E-state index contributed by atoms with van der Waals surface area (Å²) in [6.07, 6.45) is 4.88. The maximum Gasteiger partial charge on any atom is 0.295 e. The van der Waals surface area contributed by atoms with Crippen LogP contribution in [0, 0.1) is 0 Å². The highest BCUT2D eigenvalue weighted by atomic mass is 16.5. The molecule has 8 nitrogen and oxygen atoms in total. The van der Waals surface area contributed by atoms with Gasteiger partial charge in [0, 0.05) is 30.9 Å². The average molecular weight is 529 g/mol. The van der Waals surface area contributed by atoms with Gasteiger partial charge in [-0.15, -0.1) is 0 Å². The normalized spacial score (nSPS) is 19.6. The number of carbonyl (C=O) groups is 2. The zero-order valence-electron chi connectivity index (χ0n) is 22.3. The second-order valence-corrected chi connectivity index (χ2v) is 9.73. The van der Waals surface area contributed by atoms with E-state index >= 15 is 0 Å². The lowest BCUT2D eigenvalue weighted by atomic mass is 9.94. The van der Waals surface area contributed by atoms with E-state index < -0.39 is 17.7 Å². The molecule has 2 aromatic carbocycles. The number of Topliss-reactive ketones (excluding diaryl/α,β-unsaturated/α-hetero) is 1. The molecular weight excluding hydrogens is 496 g/mol. The van der Waals surface area contributed by atoms with Crippen LogP contribution < -0.4 is 14.2 Å². The molecule has 1 N–H and O–H groups in total. The van der Waals surface area contributed by atoms with Crippen molar-refractivity contribution in [2.45, 2.75) is 52.3 Å². The lowest BCUT2D eigenvalue weighted by Crippen LogP contribution is -2.29. The van der Waals surface area contributed by atoms with Gasteiger partial charge in [0.15, 0.2) is 11.5 Å². The van der Waals surface area contributed by atoms with E-state index in [1.807, 2.05) is 39.0 Å². The Morgan fingerprint density at radius 3 is 2.69 bits per heavy atom. The number of likely N-dealkylation sites (tertiary alicyclic amines) is 1. The monoisotopic (exact) mass is 528 g/mol. The van der Waals surface area contributed by atoms with E-state index in [-0.39, 0.29) is 24.0 Å². The number of ether oxygens (including phenoxy) is 3. The molecule has 1 fully saturated rings. The summed E-state index contributed by atoms with van der Waals surface area (Å²) in [6, 6.07) is 13.5. The number of amides is 1. The van der Waals surface area contributed by atoms with Crippen LogP contribution in [0.2, 0.25) is 0 Å². The Kier molecular flexibility index (Phi) is 7.54. The number of carbonyl (C=O) groups excluding carboxylic acids is 2. The van der Waals surface area contributed by atoms with E-state index in [4.69, 9.17) is 14.2 Å². The number of pyridine rings is 1. The van der Waals surface area contributed by atoms with Crippen LogP contribution in [0.3, 0.4) is 0 Å². The van der Waals surface area contributed by atoms with Gasteiger partial charge >= 0.3 is 0 Å². The molecule has 0 radical (unpaired) electrons. The fraction of sp³-hybridized carbons (Fsp3) is 0.323. The van der Waals surface area contributed by atoms with Crippen LogP contribution >= 0.6 is 0 Å². The number of aliphatic hydroxyl groups excluding tert-OH is 1. The van der Waals surface area contributed by atoms with Crippen molar-refractivity contribution < 1.29 is 28.9 Å². The summed E-state index contributed by atoms with van der Waals surface area (Å²) in [5.41, 5.74) is 2.83. The number of benzene rings is 2. The minimum absolute atomic E-state index is 0.0282. The first-order valence-corrected chi connectivity index (χ1v) is 13.3. The van der Waals surface area contributed by atoms with Gasteiger partial charge in [0.05, 0.1) is 24.8 Å². The maximum absolute atomic E-state index is 13.5. The molecule has 3 aromatic rings. The highest BCUT2D eigenvalue weighted by Gasteiger charge is 2.46. The second kappa shape index (κ2) is 11.2. The predicted octanol–water partition coefficient (Wildman–Crippen LogP) is 5.21. The van der Waals surface area contributed by atoms with Crippen molar-refractivity contribution in [1.82, 2.24) is 9.88 Å². The number of aromatic nitrogens is 1. The molecule has 5 rings (SSSR count). The first-order chi connectivity index (χ1) is 18.9. The van der Waals surface area contributed by atoms with Gasteiger partial charge in [0.1, 0.15) is 17.6 Å². The smallest absolute Gasteiger partial charge is 0.295 e. The quantitative estimate of drug-likeness (QED) is 0.231. The third-order valence-corrected chi connectivity index (χ3v) is 6.83. The Morgan fingerprint density at radius 2 is 1.95 bits per heavy atom. The average Bonchev–Trinajstić information content (AvgIpc) is 3.43. The van der Waals surface area contributed by atoms with Crippen LogP contribution in [0.1, 0.15) is 55.5 Å². The van der Waals surface area contributed by atoms with Gasteiger partial charge in [0.2, 0.25) is 0 Å². The fourth-order valence-corrected chi connectivity index (χ4v) is 5.10. The Labute approximate surface area is 227 Å². The molecule has 0 saturated carbocycles. The number of fused-ring (bicyclic) bond motifs is 1. The van der Waals surface area contributed by atoms with Crippen molar-refractivity contribution in [2.24, 2.45) is 0 Å². The molecule has 1 amide bonds. The molecular formula is C31H32N2O6. The summed E-state index contributed by atoms with van der Waals surface area (Å²) >= 11 is 0. The largest absolute Gasteiger partial charge is 0.507 e. The van der Waals surface area contributed by atoms with Crippen molar-refractivity contribution in [3.63, 3.8) is 0 Å². The molecule has 0 bridgehead atoms. The third kappa shape index (κ3) is 5.19. The van der Waals surface area contributed by atoms with Gasteiger partial charge in [-0.05, 0) is 73.4 Å². The van der Waals surface area contributed by atoms with Crippen LogP contribution in [-0.4, -0.2) is 46.0 Å². The molecule has 0 unspecified atom stereocenters. The highest BCUT2D eigenvalue weighted by molar-refractivity contribution is 6.46. The first-order valence-electron chi connectivity index (χ1n) is 13.3. The number of hydrogen-bond acceptors (Lipinski definition) is 7. The van der Waals surface area contributed by atoms with Gasteiger partial charge in [-0.3, -0.25) is 14.6 Å². The van der Waals surface area contributed by atoms with Crippen molar-refractivity contribution in [1.29, 1.82) is 0 Å². The molecule has 2 aliphatic rings. The summed E-state index contributed by atoms with van der Waals surface area (Å²) in [7, 11) is 0. The molecule has 1 saturated heterocycles. The Morgan fingerprint density at radius 1 is 1.10 bits per heavy atom. The molecule has 2 aliphatic heterocycles. The SMILES string of the molecule is CCCOc1ccc([C@H]2/C(=C(\O)c3ccc4c(c3)C[C@H](C)O4)C(=O)C(=O)N2Cc2cccnc2)cc1OCC. The van der Waals surface area contributed by atoms with E-state index in [0.717, 1.165) is 23.3 Å². The van der Waals surface area contributed by atoms with Gasteiger partial charge < -0.3 is 24.2 Å². The van der Waals surface area contributed by atoms with Crippen molar-refractivity contribution in [3.05, 3.63) is 88.8 Å². The number of hydrogen-bond donors (Lipinski definition) is 1. The van der Waals surface area contributed by atoms with Gasteiger partial charge in [0.25, 0.3) is 11.7 Å². The molecule has 2 atom stereocenters. The first kappa shape index (κ1) is 26.3. The Balaban J connectivity index is 1.63. The number of ketones is 1. The van der Waals surface area contributed by atoms with Crippen LogP contribution in [0.15, 0.2) is 66.5 Å². The van der Waals surface area contributed by atoms with Crippen molar-refractivity contribution >= 4 is 17.4 Å². The fourth-order valence-electron chi connectivity index (χ4n) is 5.10. The van der Waals surface area contributed by atoms with Crippen molar-refractivity contribution in [2.75, 3.05) is 13.2 Å². The summed E-state index contributed by atoms with van der Waals surface area (Å²) in [5, 5.41) is 11.5. The van der Waals surface area contributed by atoms with Crippen LogP contribution in [0.5, 0.6) is 17.2 Å². The summed E-state index contributed by atoms with van der Waals surface area (Å²) in [4.78, 5) is 32.6. The Bertz CT molecular complexity index is 1420. The van der Waals surface area contributed by atoms with Crippen molar-refractivity contribution in [3.8, 4) is 17.2 Å². The highest BCUT2D eigenvalue weighted by Crippen LogP contribution is 2.43. The lowest BCUT2D eigenvalue weighted by Gasteiger charge is -2.26. The van der Waals surface area contributed by atoms with Gasteiger partial charge in [-0.25, -0.2) is 0 Å². The summed E-state index contributed by atoms with van der Waals surface area (Å²) < 4.78 is 17.5. The topological polar surface area (TPSA) is 98.2 Å². The molecule has 1 aromatic heterocycles. The molecule has 0 spiro atoms. The molecule has 39 heavy (non-hydrogen) atoms. The van der Waals surface area contributed by atoms with E-state index in [0.29, 0.717) is 42.3 Å².